The number of nitriles is 1. The highest BCUT2D eigenvalue weighted by atomic mass is 32.1. The van der Waals surface area contributed by atoms with Crippen molar-refractivity contribution in [3.63, 3.8) is 0 Å². The van der Waals surface area contributed by atoms with Crippen molar-refractivity contribution in [1.82, 2.24) is 0 Å². The molecule has 0 aliphatic carbocycles. The Bertz CT molecular complexity index is 829. The van der Waals surface area contributed by atoms with Gasteiger partial charge >= 0.3 is 0 Å². The lowest BCUT2D eigenvalue weighted by Gasteiger charge is -2.16. The second-order valence-corrected chi connectivity index (χ2v) is 6.48. The summed E-state index contributed by atoms with van der Waals surface area (Å²) in [5.41, 5.74) is 2.80. The van der Waals surface area contributed by atoms with Crippen LogP contribution >= 0.6 is 11.3 Å². The summed E-state index contributed by atoms with van der Waals surface area (Å²) in [6.45, 7) is 0.275. The van der Waals surface area contributed by atoms with E-state index in [2.05, 4.69) is 35.7 Å². The van der Waals surface area contributed by atoms with Crippen molar-refractivity contribution >= 4 is 22.2 Å². The number of nitrogens with zero attached hydrogens (tertiary/aromatic N) is 1. The molecule has 2 aromatic carbocycles. The molecule has 0 fully saturated rings. The predicted octanol–water partition coefficient (Wildman–Crippen LogP) is 2.91. The average Bonchev–Trinajstić information content (AvgIpc) is 3.11. The lowest BCUT2D eigenvalue weighted by molar-refractivity contribution is -0.676. The maximum absolute atomic E-state index is 12.3. The van der Waals surface area contributed by atoms with Gasteiger partial charge in [-0.25, -0.2) is 0 Å². The van der Waals surface area contributed by atoms with Gasteiger partial charge in [-0.3, -0.25) is 4.79 Å². The standard InChI is InChI=1S/C20H17N3OS/c21-13-17-11-12-25-20(17)23-18(24)14-22-19(15-7-3-1-4-8-15)16-9-5-2-6-10-16/h1-12,19,22H,14H2,(H,23,24)/p+1. The minimum atomic E-state index is -0.115. The van der Waals surface area contributed by atoms with E-state index < -0.39 is 0 Å². The number of carbonyl (C=O) groups is 1. The smallest absolute Gasteiger partial charge is 0.280 e. The molecule has 3 aromatic rings. The maximum atomic E-state index is 12.3. The highest BCUT2D eigenvalue weighted by Crippen LogP contribution is 2.22. The van der Waals surface area contributed by atoms with Crippen molar-refractivity contribution < 1.29 is 10.1 Å². The molecule has 0 aliphatic heterocycles. The summed E-state index contributed by atoms with van der Waals surface area (Å²) in [5.74, 6) is -0.115. The molecule has 1 aromatic heterocycles. The van der Waals surface area contributed by atoms with Crippen LogP contribution in [0.4, 0.5) is 5.00 Å². The quantitative estimate of drug-likeness (QED) is 0.719. The second kappa shape index (κ2) is 8.25. The number of hydrogen-bond donors (Lipinski definition) is 2. The number of nitrogens with one attached hydrogen (secondary N) is 1. The molecule has 25 heavy (non-hydrogen) atoms. The van der Waals surface area contributed by atoms with Gasteiger partial charge in [-0.1, -0.05) is 60.7 Å². The molecule has 5 heteroatoms. The van der Waals surface area contributed by atoms with Crippen molar-refractivity contribution in [1.29, 1.82) is 5.26 Å². The number of benzene rings is 2. The van der Waals surface area contributed by atoms with E-state index in [1.54, 1.807) is 11.4 Å². The summed E-state index contributed by atoms with van der Waals surface area (Å²) in [5, 5.41) is 16.3. The number of anilines is 1. The van der Waals surface area contributed by atoms with Crippen LogP contribution in [0, 0.1) is 11.3 Å². The van der Waals surface area contributed by atoms with E-state index >= 15 is 0 Å². The molecule has 3 N–H and O–H groups in total. The summed E-state index contributed by atoms with van der Waals surface area (Å²) in [6, 6.07) is 24.1. The van der Waals surface area contributed by atoms with Crippen LogP contribution in [-0.4, -0.2) is 12.5 Å². The van der Waals surface area contributed by atoms with Gasteiger partial charge in [0.15, 0.2) is 6.54 Å². The van der Waals surface area contributed by atoms with Crippen molar-refractivity contribution in [3.05, 3.63) is 88.8 Å². The zero-order valence-electron chi connectivity index (χ0n) is 13.6. The number of rotatable bonds is 6. The number of nitrogens with two attached hydrogens (primary N) is 1. The second-order valence-electron chi connectivity index (χ2n) is 5.56. The topological polar surface area (TPSA) is 69.5 Å². The third kappa shape index (κ3) is 4.32. The highest BCUT2D eigenvalue weighted by Gasteiger charge is 2.19. The number of quaternary nitrogens is 1. The summed E-state index contributed by atoms with van der Waals surface area (Å²) < 4.78 is 0. The molecule has 124 valence electrons. The minimum absolute atomic E-state index is 0.0481. The third-order valence-electron chi connectivity index (χ3n) is 3.89. The molecule has 0 saturated carbocycles. The fourth-order valence-electron chi connectivity index (χ4n) is 2.68. The Morgan fingerprint density at radius 3 is 2.20 bits per heavy atom. The van der Waals surface area contributed by atoms with Crippen LogP contribution in [0.3, 0.4) is 0 Å². The zero-order chi connectivity index (χ0) is 17.5. The average molecular weight is 348 g/mol. The SMILES string of the molecule is N#Cc1ccsc1NC(=O)C[NH2+]C(c1ccccc1)c1ccccc1. The summed E-state index contributed by atoms with van der Waals surface area (Å²) in [7, 11) is 0. The van der Waals surface area contributed by atoms with Crippen LogP contribution in [0.25, 0.3) is 0 Å². The Balaban J connectivity index is 1.71. The molecule has 1 amide bonds. The molecule has 3 rings (SSSR count). The van der Waals surface area contributed by atoms with E-state index in [0.717, 1.165) is 11.1 Å². The molecular weight excluding hydrogens is 330 g/mol. The zero-order valence-corrected chi connectivity index (χ0v) is 14.4. The van der Waals surface area contributed by atoms with E-state index in [1.165, 1.54) is 11.3 Å². The van der Waals surface area contributed by atoms with Crippen molar-refractivity contribution in [2.24, 2.45) is 0 Å². The van der Waals surface area contributed by atoms with Gasteiger partial charge in [0, 0.05) is 11.1 Å². The largest absolute Gasteiger partial charge is 0.328 e. The van der Waals surface area contributed by atoms with Gasteiger partial charge in [-0.15, -0.1) is 11.3 Å². The Hall–Kier alpha value is -2.94. The van der Waals surface area contributed by atoms with Crippen molar-refractivity contribution in [3.8, 4) is 6.07 Å². The normalized spacial score (nSPS) is 10.4. The van der Waals surface area contributed by atoms with Crippen LogP contribution in [0.5, 0.6) is 0 Å². The molecule has 1 heterocycles. The molecule has 0 aliphatic rings. The number of thiophene rings is 1. The Morgan fingerprint density at radius 2 is 1.64 bits per heavy atom. The van der Waals surface area contributed by atoms with Gasteiger partial charge < -0.3 is 10.6 Å². The summed E-state index contributed by atoms with van der Waals surface area (Å²) in [4.78, 5) is 12.3. The van der Waals surface area contributed by atoms with E-state index in [1.807, 2.05) is 41.7 Å². The molecule has 0 spiro atoms. The van der Waals surface area contributed by atoms with Gasteiger partial charge in [-0.05, 0) is 11.4 Å². The van der Waals surface area contributed by atoms with Crippen LogP contribution in [-0.2, 0) is 4.79 Å². The Morgan fingerprint density at radius 1 is 1.04 bits per heavy atom. The molecule has 0 unspecified atom stereocenters. The first-order chi connectivity index (χ1) is 12.3. The number of carbonyl (C=O) groups excluding carboxylic acids is 1. The fourth-order valence-corrected chi connectivity index (χ4v) is 3.44. The fraction of sp³-hybridized carbons (Fsp3) is 0.100. The van der Waals surface area contributed by atoms with E-state index in [0.29, 0.717) is 10.6 Å². The maximum Gasteiger partial charge on any atom is 0.280 e. The van der Waals surface area contributed by atoms with E-state index in [9.17, 15) is 4.79 Å². The molecule has 0 bridgehead atoms. The van der Waals surface area contributed by atoms with Crippen LogP contribution in [0.2, 0.25) is 0 Å². The molecule has 0 radical (unpaired) electrons. The lowest BCUT2D eigenvalue weighted by Crippen LogP contribution is -2.87. The Kier molecular flexibility index (Phi) is 5.57. The number of hydrogen-bond acceptors (Lipinski definition) is 3. The lowest BCUT2D eigenvalue weighted by atomic mass is 9.99. The molecule has 0 saturated heterocycles. The third-order valence-corrected chi connectivity index (χ3v) is 4.72. The van der Waals surface area contributed by atoms with Gasteiger partial charge in [0.25, 0.3) is 5.91 Å². The molecule has 4 nitrogen and oxygen atoms in total. The van der Waals surface area contributed by atoms with E-state index in [4.69, 9.17) is 5.26 Å². The first-order valence-electron chi connectivity index (χ1n) is 7.98. The molecule has 0 atom stereocenters. The van der Waals surface area contributed by atoms with Crippen molar-refractivity contribution in [2.45, 2.75) is 6.04 Å². The van der Waals surface area contributed by atoms with Crippen LogP contribution in [0.1, 0.15) is 22.7 Å². The minimum Gasteiger partial charge on any atom is -0.328 e. The van der Waals surface area contributed by atoms with Crippen LogP contribution < -0.4 is 10.6 Å². The summed E-state index contributed by atoms with van der Waals surface area (Å²) >= 11 is 1.36. The summed E-state index contributed by atoms with van der Waals surface area (Å²) in [6.07, 6.45) is 0. The molecular formula is C20H18N3OS+. The monoisotopic (exact) mass is 348 g/mol. The Labute approximate surface area is 150 Å². The van der Waals surface area contributed by atoms with Crippen molar-refractivity contribution in [2.75, 3.05) is 11.9 Å². The first kappa shape index (κ1) is 16.9. The van der Waals surface area contributed by atoms with Gasteiger partial charge in [0.05, 0.1) is 5.56 Å². The predicted molar refractivity (Wildman–Crippen MR) is 99.2 cm³/mol. The van der Waals surface area contributed by atoms with Gasteiger partial charge in [0.2, 0.25) is 0 Å². The number of amides is 1. The van der Waals surface area contributed by atoms with E-state index in [-0.39, 0.29) is 18.5 Å². The van der Waals surface area contributed by atoms with Gasteiger partial charge in [0.1, 0.15) is 17.1 Å². The van der Waals surface area contributed by atoms with Crippen LogP contribution in [0.15, 0.2) is 72.1 Å². The first-order valence-corrected chi connectivity index (χ1v) is 8.86. The highest BCUT2D eigenvalue weighted by molar-refractivity contribution is 7.14. The van der Waals surface area contributed by atoms with Gasteiger partial charge in [-0.2, -0.15) is 5.26 Å².